The second-order valence-corrected chi connectivity index (χ2v) is 12.7. The van der Waals surface area contributed by atoms with Crippen LogP contribution in [0.4, 0.5) is 0 Å². The zero-order chi connectivity index (χ0) is 25.2. The minimum atomic E-state index is 0. The molecular weight excluding hydrogens is 396 g/mol. The molecule has 2 aliphatic carbocycles. The Kier molecular flexibility index (Phi) is 25.6. The number of rotatable bonds is 6. The minimum absolute atomic E-state index is 0. The fraction of sp³-hybridized carbons (Fsp3) is 1.00. The summed E-state index contributed by atoms with van der Waals surface area (Å²) in [7, 11) is 0. The quantitative estimate of drug-likeness (QED) is 0.363. The van der Waals surface area contributed by atoms with Crippen LogP contribution < -0.4 is 0 Å². The largest absolute Gasteiger partial charge is 0.0776 e. The zero-order valence-electron chi connectivity index (χ0n) is 25.2. The molecule has 0 aromatic rings. The van der Waals surface area contributed by atoms with E-state index >= 15 is 0 Å². The van der Waals surface area contributed by atoms with Gasteiger partial charge >= 0.3 is 0 Å². The highest BCUT2D eigenvalue weighted by Gasteiger charge is 2.29. The number of hydrogen-bond acceptors (Lipinski definition) is 0. The van der Waals surface area contributed by atoms with Crippen molar-refractivity contribution in [2.24, 2.45) is 40.9 Å². The van der Waals surface area contributed by atoms with Crippen molar-refractivity contribution in [1.29, 1.82) is 0 Å². The molecule has 0 heterocycles. The Hall–Kier alpha value is 0. The Labute approximate surface area is 214 Å². The fourth-order valence-corrected chi connectivity index (χ4v) is 4.98. The van der Waals surface area contributed by atoms with Crippen LogP contribution >= 0.6 is 0 Å². The molecule has 4 atom stereocenters. The molecule has 0 bridgehead atoms. The van der Waals surface area contributed by atoms with E-state index in [1.807, 2.05) is 0 Å². The van der Waals surface area contributed by atoms with Crippen molar-refractivity contribution in [3.63, 3.8) is 0 Å². The Morgan fingerprint density at radius 3 is 1.52 bits per heavy atom. The molecule has 2 aliphatic rings. The molecule has 2 fully saturated rings. The van der Waals surface area contributed by atoms with Gasteiger partial charge < -0.3 is 0 Å². The van der Waals surface area contributed by atoms with Crippen LogP contribution in [0.25, 0.3) is 0 Å². The van der Waals surface area contributed by atoms with Gasteiger partial charge in [-0.25, -0.2) is 0 Å². The van der Waals surface area contributed by atoms with Crippen molar-refractivity contribution in [1.82, 2.24) is 0 Å². The molecule has 33 heavy (non-hydrogen) atoms. The van der Waals surface area contributed by atoms with E-state index in [9.17, 15) is 0 Å². The molecule has 204 valence electrons. The topological polar surface area (TPSA) is 0 Å². The molecular formula is C33H72. The number of hydrogen-bond donors (Lipinski definition) is 0. The Balaban J connectivity index is -0.000000371. The molecule has 2 rings (SSSR count). The van der Waals surface area contributed by atoms with Crippen LogP contribution in [0.2, 0.25) is 0 Å². The third-order valence-corrected chi connectivity index (χ3v) is 8.47. The van der Waals surface area contributed by atoms with E-state index in [1.54, 1.807) is 0 Å². The van der Waals surface area contributed by atoms with Gasteiger partial charge in [-0.05, 0) is 60.2 Å². The average molecular weight is 469 g/mol. The van der Waals surface area contributed by atoms with Crippen molar-refractivity contribution in [3.8, 4) is 0 Å². The first-order chi connectivity index (χ1) is 14.9. The summed E-state index contributed by atoms with van der Waals surface area (Å²) in [5.74, 6) is 5.75. The lowest BCUT2D eigenvalue weighted by Crippen LogP contribution is -2.26. The standard InChI is InChI=1S/C10H20.C10H22.C7H14.C5H12.CH4/c1-8-5-6-10(3,4)7-9(8)2;1-5-8-10(7-3)9(4)6-2;1-7-5-3-2-4-6-7;1-4-5(2)3;/h8-9H,5-7H2,1-4H3;9-10H,5-8H2,1-4H3;7H,2-6H2,1H3;5H,4H2,1-3H3;1H4. The molecule has 0 aromatic carbocycles. The molecule has 2 saturated carbocycles. The monoisotopic (exact) mass is 469 g/mol. The average Bonchev–Trinajstić information content (AvgIpc) is 2.76. The zero-order valence-corrected chi connectivity index (χ0v) is 25.2. The molecule has 4 unspecified atom stereocenters. The fourth-order valence-electron chi connectivity index (χ4n) is 4.98. The Morgan fingerprint density at radius 1 is 0.727 bits per heavy atom. The summed E-state index contributed by atoms with van der Waals surface area (Å²) in [6, 6.07) is 0. The molecule has 0 nitrogen and oxygen atoms in total. The van der Waals surface area contributed by atoms with Crippen LogP contribution in [0, 0.1) is 40.9 Å². The van der Waals surface area contributed by atoms with Crippen LogP contribution in [0.3, 0.4) is 0 Å². The maximum atomic E-state index is 2.40. The van der Waals surface area contributed by atoms with E-state index < -0.39 is 0 Å². The van der Waals surface area contributed by atoms with Gasteiger partial charge in [0.25, 0.3) is 0 Å². The summed E-state index contributed by atoms with van der Waals surface area (Å²) in [5, 5.41) is 0. The summed E-state index contributed by atoms with van der Waals surface area (Å²) in [6.07, 6.45) is 18.5. The minimum Gasteiger partial charge on any atom is -0.0776 e. The van der Waals surface area contributed by atoms with Gasteiger partial charge in [0.2, 0.25) is 0 Å². The Morgan fingerprint density at radius 2 is 1.24 bits per heavy atom. The van der Waals surface area contributed by atoms with Crippen LogP contribution in [0.5, 0.6) is 0 Å². The smallest absolute Gasteiger partial charge is 0.0351 e. The van der Waals surface area contributed by atoms with E-state index in [2.05, 4.69) is 83.1 Å². The van der Waals surface area contributed by atoms with Crippen molar-refractivity contribution >= 4 is 0 Å². The van der Waals surface area contributed by atoms with Gasteiger partial charge in [0.1, 0.15) is 0 Å². The van der Waals surface area contributed by atoms with Crippen LogP contribution in [-0.2, 0) is 0 Å². The van der Waals surface area contributed by atoms with Gasteiger partial charge in [0, 0.05) is 0 Å². The first-order valence-corrected chi connectivity index (χ1v) is 14.9. The van der Waals surface area contributed by atoms with E-state index in [0.717, 1.165) is 35.5 Å². The summed E-state index contributed by atoms with van der Waals surface area (Å²) >= 11 is 0. The second-order valence-electron chi connectivity index (χ2n) is 12.7. The van der Waals surface area contributed by atoms with Crippen molar-refractivity contribution in [2.45, 2.75) is 174 Å². The van der Waals surface area contributed by atoms with Gasteiger partial charge in [-0.1, -0.05) is 155 Å². The lowest BCUT2D eigenvalue weighted by molar-refractivity contribution is 0.139. The van der Waals surface area contributed by atoms with Crippen LogP contribution in [0.1, 0.15) is 174 Å². The second kappa shape index (κ2) is 22.5. The summed E-state index contributed by atoms with van der Waals surface area (Å²) in [6.45, 7) is 27.9. The van der Waals surface area contributed by atoms with E-state index in [1.165, 1.54) is 83.5 Å². The molecule has 0 saturated heterocycles. The first-order valence-electron chi connectivity index (χ1n) is 14.9. The molecule has 0 heteroatoms. The molecule has 0 spiro atoms. The van der Waals surface area contributed by atoms with Crippen LogP contribution in [0.15, 0.2) is 0 Å². The van der Waals surface area contributed by atoms with Gasteiger partial charge in [-0.2, -0.15) is 0 Å². The van der Waals surface area contributed by atoms with Crippen LogP contribution in [-0.4, -0.2) is 0 Å². The lowest BCUT2D eigenvalue weighted by atomic mass is 9.68. The van der Waals surface area contributed by atoms with E-state index in [-0.39, 0.29) is 7.43 Å². The maximum absolute atomic E-state index is 2.40. The molecule has 0 radical (unpaired) electrons. The normalized spacial score (nSPS) is 23.9. The molecule has 0 N–H and O–H groups in total. The van der Waals surface area contributed by atoms with Crippen molar-refractivity contribution < 1.29 is 0 Å². The predicted molar refractivity (Wildman–Crippen MR) is 158 cm³/mol. The SMILES string of the molecule is C.CC1CCC(C)(C)CC1C.CC1CCCCC1.CCC(C)C.CCCC(CC)C(C)CC. The molecule has 0 amide bonds. The third kappa shape index (κ3) is 22.2. The van der Waals surface area contributed by atoms with Crippen molar-refractivity contribution in [2.75, 3.05) is 0 Å². The van der Waals surface area contributed by atoms with Gasteiger partial charge in [-0.15, -0.1) is 0 Å². The highest BCUT2D eigenvalue weighted by molar-refractivity contribution is 4.80. The lowest BCUT2D eigenvalue weighted by Gasteiger charge is -2.37. The van der Waals surface area contributed by atoms with Crippen molar-refractivity contribution in [3.05, 3.63) is 0 Å². The summed E-state index contributed by atoms with van der Waals surface area (Å²) in [4.78, 5) is 0. The van der Waals surface area contributed by atoms with Gasteiger partial charge in [0.15, 0.2) is 0 Å². The molecule has 0 aromatic heterocycles. The summed E-state index contributed by atoms with van der Waals surface area (Å²) in [5.41, 5.74) is 0.631. The van der Waals surface area contributed by atoms with E-state index in [4.69, 9.17) is 0 Å². The van der Waals surface area contributed by atoms with E-state index in [0.29, 0.717) is 5.41 Å². The third-order valence-electron chi connectivity index (χ3n) is 8.47. The Bertz CT molecular complexity index is 373. The summed E-state index contributed by atoms with van der Waals surface area (Å²) < 4.78 is 0. The highest BCUT2D eigenvalue weighted by Crippen LogP contribution is 2.41. The molecule has 0 aliphatic heterocycles. The van der Waals surface area contributed by atoms with Gasteiger partial charge in [-0.3, -0.25) is 0 Å². The predicted octanol–water partition coefficient (Wildman–Crippen LogP) is 12.6. The van der Waals surface area contributed by atoms with Gasteiger partial charge in [0.05, 0.1) is 0 Å². The highest BCUT2D eigenvalue weighted by atomic mass is 14.3. The maximum Gasteiger partial charge on any atom is -0.0351 e. The first kappa shape index (κ1) is 37.5.